The average Bonchev–Trinajstić information content (AvgIpc) is 2.82. The summed E-state index contributed by atoms with van der Waals surface area (Å²) in [4.78, 5) is 16.6. The summed E-state index contributed by atoms with van der Waals surface area (Å²) in [5, 5.41) is 5.90. The standard InChI is InChI=1S/C13H23N3OS/c1-5-7-12(3,14)10(17)16-13(4,6-2)11-15-8-9-18-11/h8-9H,5-7,14H2,1-4H3,(H,16,17). The number of nitrogens with zero attached hydrogens (tertiary/aromatic N) is 1. The van der Waals surface area contributed by atoms with Crippen molar-refractivity contribution in [3.8, 4) is 0 Å². The molecule has 3 N–H and O–H groups in total. The number of carbonyl (C=O) groups excluding carboxylic acids is 1. The summed E-state index contributed by atoms with van der Waals surface area (Å²) >= 11 is 1.55. The van der Waals surface area contributed by atoms with Gasteiger partial charge in [-0.1, -0.05) is 20.3 Å². The SMILES string of the molecule is CCCC(C)(N)C(=O)NC(C)(CC)c1nccs1. The summed E-state index contributed by atoms with van der Waals surface area (Å²) in [6.45, 7) is 7.84. The molecule has 0 saturated carbocycles. The molecule has 1 aromatic heterocycles. The van der Waals surface area contributed by atoms with E-state index in [4.69, 9.17) is 5.73 Å². The van der Waals surface area contributed by atoms with Gasteiger partial charge in [-0.3, -0.25) is 4.79 Å². The highest BCUT2D eigenvalue weighted by Crippen LogP contribution is 2.27. The molecule has 5 heteroatoms. The smallest absolute Gasteiger partial charge is 0.240 e. The van der Waals surface area contributed by atoms with Crippen molar-refractivity contribution in [1.29, 1.82) is 0 Å². The van der Waals surface area contributed by atoms with Gasteiger partial charge in [0.2, 0.25) is 5.91 Å². The van der Waals surface area contributed by atoms with Gasteiger partial charge in [0.1, 0.15) is 5.01 Å². The first-order chi connectivity index (χ1) is 8.35. The van der Waals surface area contributed by atoms with Gasteiger partial charge in [0.05, 0.1) is 11.1 Å². The molecular formula is C13H23N3OS. The van der Waals surface area contributed by atoms with Gasteiger partial charge in [-0.25, -0.2) is 4.98 Å². The highest BCUT2D eigenvalue weighted by Gasteiger charge is 2.35. The Morgan fingerprint density at radius 2 is 2.17 bits per heavy atom. The van der Waals surface area contributed by atoms with Crippen molar-refractivity contribution in [3.63, 3.8) is 0 Å². The van der Waals surface area contributed by atoms with Crippen LogP contribution in [0.2, 0.25) is 0 Å². The first-order valence-electron chi connectivity index (χ1n) is 6.37. The van der Waals surface area contributed by atoms with Crippen molar-refractivity contribution < 1.29 is 4.79 Å². The molecule has 2 unspecified atom stereocenters. The van der Waals surface area contributed by atoms with E-state index in [9.17, 15) is 4.79 Å². The number of hydrogen-bond acceptors (Lipinski definition) is 4. The van der Waals surface area contributed by atoms with Crippen LogP contribution in [0.4, 0.5) is 0 Å². The molecule has 0 radical (unpaired) electrons. The molecule has 0 bridgehead atoms. The monoisotopic (exact) mass is 269 g/mol. The Kier molecular flexibility index (Phi) is 4.87. The fraction of sp³-hybridized carbons (Fsp3) is 0.692. The van der Waals surface area contributed by atoms with Crippen LogP contribution in [0, 0.1) is 0 Å². The number of nitrogens with one attached hydrogen (secondary N) is 1. The zero-order valence-corrected chi connectivity index (χ0v) is 12.4. The molecule has 0 aromatic carbocycles. The van der Waals surface area contributed by atoms with Crippen LogP contribution >= 0.6 is 11.3 Å². The van der Waals surface area contributed by atoms with Crippen LogP contribution in [0.15, 0.2) is 11.6 Å². The van der Waals surface area contributed by atoms with E-state index in [2.05, 4.69) is 10.3 Å². The van der Waals surface area contributed by atoms with Crippen molar-refractivity contribution in [2.45, 2.75) is 58.0 Å². The normalized spacial score (nSPS) is 17.8. The summed E-state index contributed by atoms with van der Waals surface area (Å²) in [5.41, 5.74) is 4.81. The third-order valence-corrected chi connectivity index (χ3v) is 4.33. The summed E-state index contributed by atoms with van der Waals surface area (Å²) in [6, 6.07) is 0. The molecule has 0 saturated heterocycles. The van der Waals surface area contributed by atoms with Crippen LogP contribution in [0.1, 0.15) is 52.0 Å². The van der Waals surface area contributed by atoms with Gasteiger partial charge in [-0.05, 0) is 26.7 Å². The first-order valence-corrected chi connectivity index (χ1v) is 7.25. The van der Waals surface area contributed by atoms with Crippen molar-refractivity contribution in [1.82, 2.24) is 10.3 Å². The quantitative estimate of drug-likeness (QED) is 0.833. The predicted octanol–water partition coefficient (Wildman–Crippen LogP) is 2.40. The molecule has 0 aliphatic carbocycles. The zero-order chi connectivity index (χ0) is 13.8. The molecule has 0 aliphatic heterocycles. The number of aromatic nitrogens is 1. The van der Waals surface area contributed by atoms with E-state index >= 15 is 0 Å². The Morgan fingerprint density at radius 3 is 2.61 bits per heavy atom. The number of hydrogen-bond donors (Lipinski definition) is 2. The first kappa shape index (κ1) is 15.1. The van der Waals surface area contributed by atoms with Gasteiger partial charge < -0.3 is 11.1 Å². The Morgan fingerprint density at radius 1 is 1.50 bits per heavy atom. The van der Waals surface area contributed by atoms with Crippen LogP contribution in [0.3, 0.4) is 0 Å². The van der Waals surface area contributed by atoms with Crippen LogP contribution in [-0.4, -0.2) is 16.4 Å². The second-order valence-electron chi connectivity index (χ2n) is 5.14. The van der Waals surface area contributed by atoms with Crippen molar-refractivity contribution in [3.05, 3.63) is 16.6 Å². The summed E-state index contributed by atoms with van der Waals surface area (Å²) < 4.78 is 0. The third kappa shape index (κ3) is 3.29. The van der Waals surface area contributed by atoms with Crippen LogP contribution in [0.5, 0.6) is 0 Å². The van der Waals surface area contributed by atoms with Crippen molar-refractivity contribution in [2.24, 2.45) is 5.73 Å². The molecule has 0 aliphatic rings. The lowest BCUT2D eigenvalue weighted by Gasteiger charge is -2.32. The van der Waals surface area contributed by atoms with Gasteiger partial charge in [-0.15, -0.1) is 11.3 Å². The second-order valence-corrected chi connectivity index (χ2v) is 6.04. The summed E-state index contributed by atoms with van der Waals surface area (Å²) in [6.07, 6.45) is 4.11. The van der Waals surface area contributed by atoms with Crippen LogP contribution in [0.25, 0.3) is 0 Å². The number of amides is 1. The fourth-order valence-corrected chi connectivity index (χ4v) is 2.64. The maximum Gasteiger partial charge on any atom is 0.240 e. The highest BCUT2D eigenvalue weighted by molar-refractivity contribution is 7.09. The number of rotatable bonds is 6. The molecule has 4 nitrogen and oxygen atoms in total. The van der Waals surface area contributed by atoms with Crippen molar-refractivity contribution in [2.75, 3.05) is 0 Å². The van der Waals surface area contributed by atoms with Gasteiger partial charge in [0.15, 0.2) is 0 Å². The Bertz CT molecular complexity index is 389. The van der Waals surface area contributed by atoms with E-state index in [1.54, 1.807) is 24.5 Å². The third-order valence-electron chi connectivity index (χ3n) is 3.29. The Hall–Kier alpha value is -0.940. The molecule has 1 amide bonds. The molecule has 0 spiro atoms. The Balaban J connectivity index is 2.84. The molecule has 1 rings (SSSR count). The zero-order valence-electron chi connectivity index (χ0n) is 11.6. The summed E-state index contributed by atoms with van der Waals surface area (Å²) in [5.74, 6) is -0.107. The lowest BCUT2D eigenvalue weighted by atomic mass is 9.93. The average molecular weight is 269 g/mol. The Labute approximate surface area is 113 Å². The van der Waals surface area contributed by atoms with E-state index in [0.29, 0.717) is 6.42 Å². The van der Waals surface area contributed by atoms with E-state index in [1.807, 2.05) is 26.2 Å². The van der Waals surface area contributed by atoms with E-state index in [1.165, 1.54) is 0 Å². The predicted molar refractivity (Wildman–Crippen MR) is 75.4 cm³/mol. The van der Waals surface area contributed by atoms with E-state index in [0.717, 1.165) is 17.8 Å². The van der Waals surface area contributed by atoms with E-state index < -0.39 is 11.1 Å². The number of carbonyl (C=O) groups is 1. The molecule has 18 heavy (non-hydrogen) atoms. The van der Waals surface area contributed by atoms with Crippen LogP contribution in [-0.2, 0) is 10.3 Å². The topological polar surface area (TPSA) is 68.0 Å². The molecule has 1 aromatic rings. The van der Waals surface area contributed by atoms with Gasteiger partial charge in [-0.2, -0.15) is 0 Å². The van der Waals surface area contributed by atoms with E-state index in [-0.39, 0.29) is 5.91 Å². The maximum atomic E-state index is 12.3. The largest absolute Gasteiger partial charge is 0.343 e. The number of nitrogens with two attached hydrogens (primary N) is 1. The lowest BCUT2D eigenvalue weighted by molar-refractivity contribution is -0.128. The molecule has 102 valence electrons. The summed E-state index contributed by atoms with van der Waals surface area (Å²) in [7, 11) is 0. The minimum absolute atomic E-state index is 0.107. The van der Waals surface area contributed by atoms with Crippen LogP contribution < -0.4 is 11.1 Å². The molecule has 0 fully saturated rings. The van der Waals surface area contributed by atoms with Gasteiger partial charge in [0, 0.05) is 11.6 Å². The van der Waals surface area contributed by atoms with Gasteiger partial charge >= 0.3 is 0 Å². The lowest BCUT2D eigenvalue weighted by Crippen LogP contribution is -2.56. The van der Waals surface area contributed by atoms with Crippen molar-refractivity contribution >= 4 is 17.2 Å². The molecular weight excluding hydrogens is 246 g/mol. The molecule has 2 atom stereocenters. The second kappa shape index (κ2) is 5.80. The number of thiazole rings is 1. The molecule has 1 heterocycles. The maximum absolute atomic E-state index is 12.3. The van der Waals surface area contributed by atoms with Gasteiger partial charge in [0.25, 0.3) is 0 Å². The highest BCUT2D eigenvalue weighted by atomic mass is 32.1. The fourth-order valence-electron chi connectivity index (χ4n) is 1.82. The minimum Gasteiger partial charge on any atom is -0.343 e. The minimum atomic E-state index is -0.817.